The molecule has 20 heavy (non-hydrogen) atoms. The highest BCUT2D eigenvalue weighted by molar-refractivity contribution is 5.94. The van der Waals surface area contributed by atoms with Gasteiger partial charge in [0, 0.05) is 6.08 Å². The first kappa shape index (κ1) is 15.8. The maximum atomic E-state index is 11.7. The normalized spacial score (nSPS) is 12.1. The molecule has 1 unspecified atom stereocenters. The minimum atomic E-state index is -1.02. The number of hydrogen-bond acceptors (Lipinski definition) is 3. The van der Waals surface area contributed by atoms with E-state index in [1.165, 1.54) is 6.08 Å². The van der Waals surface area contributed by atoms with Crippen LogP contribution in [0.2, 0.25) is 0 Å². The molecule has 5 heteroatoms. The van der Waals surface area contributed by atoms with Gasteiger partial charge in [-0.2, -0.15) is 0 Å². The quantitative estimate of drug-likeness (QED) is 0.748. The highest BCUT2D eigenvalue weighted by Gasteiger charge is 2.17. The van der Waals surface area contributed by atoms with Gasteiger partial charge in [0.1, 0.15) is 11.8 Å². The average Bonchev–Trinajstić information content (AvgIpc) is 2.44. The summed E-state index contributed by atoms with van der Waals surface area (Å²) in [7, 11) is 1.57. The Morgan fingerprint density at radius 2 is 2.20 bits per heavy atom. The van der Waals surface area contributed by atoms with Gasteiger partial charge in [-0.25, -0.2) is 4.79 Å². The van der Waals surface area contributed by atoms with E-state index in [-0.39, 0.29) is 0 Å². The third kappa shape index (κ3) is 5.14. The summed E-state index contributed by atoms with van der Waals surface area (Å²) < 4.78 is 5.08. The maximum absolute atomic E-state index is 11.7. The second-order valence-corrected chi connectivity index (χ2v) is 4.30. The van der Waals surface area contributed by atoms with Crippen LogP contribution < -0.4 is 10.1 Å². The van der Waals surface area contributed by atoms with Crippen molar-refractivity contribution in [1.29, 1.82) is 0 Å². The van der Waals surface area contributed by atoms with E-state index < -0.39 is 17.9 Å². The Morgan fingerprint density at radius 3 is 2.80 bits per heavy atom. The van der Waals surface area contributed by atoms with Gasteiger partial charge in [0.2, 0.25) is 5.91 Å². The van der Waals surface area contributed by atoms with Gasteiger partial charge in [-0.15, -0.1) is 0 Å². The Hall–Kier alpha value is -2.30. The smallest absolute Gasteiger partial charge is 0.326 e. The molecule has 0 saturated heterocycles. The van der Waals surface area contributed by atoms with Crippen molar-refractivity contribution in [3.05, 3.63) is 35.9 Å². The molecule has 0 heterocycles. The van der Waals surface area contributed by atoms with Crippen molar-refractivity contribution in [2.24, 2.45) is 0 Å². The number of carboxylic acid groups (broad SMARTS) is 1. The van der Waals surface area contributed by atoms with Gasteiger partial charge in [0.05, 0.1) is 7.11 Å². The first-order valence-electron chi connectivity index (χ1n) is 6.42. The minimum absolute atomic E-state index is 0.411. The van der Waals surface area contributed by atoms with Gasteiger partial charge >= 0.3 is 5.97 Å². The number of carbonyl (C=O) groups is 2. The molecule has 1 aromatic carbocycles. The van der Waals surface area contributed by atoms with Crippen LogP contribution in [0.25, 0.3) is 6.08 Å². The predicted molar refractivity (Wildman–Crippen MR) is 76.5 cm³/mol. The zero-order valence-corrected chi connectivity index (χ0v) is 11.6. The number of amides is 1. The third-order valence-electron chi connectivity index (χ3n) is 2.71. The number of benzene rings is 1. The van der Waals surface area contributed by atoms with E-state index in [4.69, 9.17) is 9.84 Å². The third-order valence-corrected chi connectivity index (χ3v) is 2.71. The van der Waals surface area contributed by atoms with Crippen molar-refractivity contribution in [3.8, 4) is 5.75 Å². The van der Waals surface area contributed by atoms with Crippen LogP contribution in [0.3, 0.4) is 0 Å². The molecule has 0 saturated carbocycles. The summed E-state index contributed by atoms with van der Waals surface area (Å²) in [6.45, 7) is 1.87. The summed E-state index contributed by atoms with van der Waals surface area (Å²) in [5.41, 5.74) is 0.807. The largest absolute Gasteiger partial charge is 0.497 e. The zero-order valence-electron chi connectivity index (χ0n) is 11.6. The van der Waals surface area contributed by atoms with Crippen LogP contribution in [-0.2, 0) is 9.59 Å². The molecular formula is C15H19NO4. The fraction of sp³-hybridized carbons (Fsp3) is 0.333. The lowest BCUT2D eigenvalue weighted by atomic mass is 10.1. The van der Waals surface area contributed by atoms with Crippen LogP contribution in [0, 0.1) is 0 Å². The summed E-state index contributed by atoms with van der Waals surface area (Å²) >= 11 is 0. The molecule has 0 fully saturated rings. The number of aliphatic carboxylic acids is 1. The fourth-order valence-electron chi connectivity index (χ4n) is 1.68. The Bertz CT molecular complexity index is 496. The van der Waals surface area contributed by atoms with Crippen LogP contribution in [0.4, 0.5) is 0 Å². The first-order valence-corrected chi connectivity index (χ1v) is 6.42. The molecule has 0 aliphatic carbocycles. The maximum Gasteiger partial charge on any atom is 0.326 e. The average molecular weight is 277 g/mol. The summed E-state index contributed by atoms with van der Waals surface area (Å²) in [4.78, 5) is 22.6. The van der Waals surface area contributed by atoms with Crippen LogP contribution in [0.5, 0.6) is 5.75 Å². The highest BCUT2D eigenvalue weighted by atomic mass is 16.5. The summed E-state index contributed by atoms with van der Waals surface area (Å²) in [6, 6.07) is 6.38. The number of hydrogen-bond donors (Lipinski definition) is 2. The molecule has 0 radical (unpaired) electrons. The van der Waals surface area contributed by atoms with Crippen molar-refractivity contribution in [1.82, 2.24) is 5.32 Å². The van der Waals surface area contributed by atoms with Crippen LogP contribution in [0.1, 0.15) is 25.3 Å². The second kappa shape index (κ2) is 7.99. The van der Waals surface area contributed by atoms with Crippen molar-refractivity contribution < 1.29 is 19.4 Å². The summed E-state index contributed by atoms with van der Waals surface area (Å²) in [5.74, 6) is -0.745. The van der Waals surface area contributed by atoms with Gasteiger partial charge in [-0.3, -0.25) is 4.79 Å². The molecular weight excluding hydrogens is 258 g/mol. The van der Waals surface area contributed by atoms with Crippen LogP contribution >= 0.6 is 0 Å². The molecule has 1 aromatic rings. The molecule has 5 nitrogen and oxygen atoms in total. The van der Waals surface area contributed by atoms with E-state index in [1.54, 1.807) is 25.3 Å². The van der Waals surface area contributed by atoms with E-state index in [0.717, 1.165) is 5.56 Å². The standard InChI is InChI=1S/C15H19NO4/c1-3-5-13(15(18)19)16-14(17)9-8-11-6-4-7-12(10-11)20-2/h4,6-10,13H,3,5H2,1-2H3,(H,16,17)(H,18,19)/b9-8+. The van der Waals surface area contributed by atoms with Gasteiger partial charge < -0.3 is 15.2 Å². The predicted octanol–water partition coefficient (Wildman–Crippen LogP) is 2.08. The van der Waals surface area contributed by atoms with Gasteiger partial charge in [0.25, 0.3) is 0 Å². The van der Waals surface area contributed by atoms with E-state index in [1.807, 2.05) is 19.1 Å². The van der Waals surface area contributed by atoms with Crippen molar-refractivity contribution in [3.63, 3.8) is 0 Å². The molecule has 108 valence electrons. The Labute approximate surface area is 118 Å². The molecule has 2 N–H and O–H groups in total. The van der Waals surface area contributed by atoms with Crippen molar-refractivity contribution >= 4 is 18.0 Å². The lowest BCUT2D eigenvalue weighted by Gasteiger charge is -2.11. The van der Waals surface area contributed by atoms with Crippen LogP contribution in [0.15, 0.2) is 30.3 Å². The van der Waals surface area contributed by atoms with E-state index in [9.17, 15) is 9.59 Å². The van der Waals surface area contributed by atoms with Gasteiger partial charge in [-0.05, 0) is 30.2 Å². The molecule has 0 spiro atoms. The molecule has 1 atom stereocenters. The van der Waals surface area contributed by atoms with Crippen LogP contribution in [-0.4, -0.2) is 30.1 Å². The zero-order chi connectivity index (χ0) is 15.0. The number of nitrogens with one attached hydrogen (secondary N) is 1. The van der Waals surface area contributed by atoms with Gasteiger partial charge in [-0.1, -0.05) is 25.5 Å². The molecule has 0 aliphatic heterocycles. The number of carboxylic acids is 1. The van der Waals surface area contributed by atoms with Gasteiger partial charge in [0.15, 0.2) is 0 Å². The summed E-state index contributed by atoms with van der Waals surface area (Å²) in [5, 5.41) is 11.4. The Morgan fingerprint density at radius 1 is 1.45 bits per heavy atom. The van der Waals surface area contributed by atoms with E-state index >= 15 is 0 Å². The molecule has 1 rings (SSSR count). The fourth-order valence-corrected chi connectivity index (χ4v) is 1.68. The van der Waals surface area contributed by atoms with Crippen molar-refractivity contribution in [2.45, 2.75) is 25.8 Å². The topological polar surface area (TPSA) is 75.6 Å². The first-order chi connectivity index (χ1) is 9.56. The molecule has 1 amide bonds. The second-order valence-electron chi connectivity index (χ2n) is 4.30. The molecule has 0 bridgehead atoms. The number of methoxy groups -OCH3 is 1. The minimum Gasteiger partial charge on any atom is -0.497 e. The number of carbonyl (C=O) groups excluding carboxylic acids is 1. The Balaban J connectivity index is 2.64. The SMILES string of the molecule is CCCC(NC(=O)/C=C/c1cccc(OC)c1)C(=O)O. The van der Waals surface area contributed by atoms with E-state index in [2.05, 4.69) is 5.32 Å². The number of rotatable bonds is 7. The number of ether oxygens (including phenoxy) is 1. The lowest BCUT2D eigenvalue weighted by Crippen LogP contribution is -2.39. The molecule has 0 aliphatic rings. The summed E-state index contributed by atoms with van der Waals surface area (Å²) in [6.07, 6.45) is 4.04. The van der Waals surface area contributed by atoms with E-state index in [0.29, 0.717) is 18.6 Å². The monoisotopic (exact) mass is 277 g/mol. The molecule has 0 aromatic heterocycles. The lowest BCUT2D eigenvalue weighted by molar-refractivity contribution is -0.141. The van der Waals surface area contributed by atoms with Crippen molar-refractivity contribution in [2.75, 3.05) is 7.11 Å². The Kier molecular flexibility index (Phi) is 6.29. The highest BCUT2D eigenvalue weighted by Crippen LogP contribution is 2.13.